The Bertz CT molecular complexity index is 1130. The number of aliphatic carboxylic acids is 1. The van der Waals surface area contributed by atoms with Crippen molar-refractivity contribution < 1.29 is 19.8 Å². The van der Waals surface area contributed by atoms with Crippen molar-refractivity contribution in [1.82, 2.24) is 25.6 Å². The number of H-pyrrole nitrogens is 1. The first-order chi connectivity index (χ1) is 15.9. The molecule has 3 aromatic rings. The number of aromatic nitrogens is 3. The van der Waals surface area contributed by atoms with Gasteiger partial charge in [0.15, 0.2) is 5.11 Å². The highest BCUT2D eigenvalue weighted by Gasteiger charge is 2.14. The Hall–Kier alpha value is -3.73. The zero-order valence-corrected chi connectivity index (χ0v) is 18.7. The predicted octanol–water partition coefficient (Wildman–Crippen LogP) is 2.18. The minimum Gasteiger partial charge on any atom is -0.481 e. The number of nitrogens with one attached hydrogen (secondary N) is 4. The lowest BCUT2D eigenvalue weighted by molar-refractivity contribution is -0.136. The molecule has 0 aliphatic rings. The van der Waals surface area contributed by atoms with Gasteiger partial charge >= 0.3 is 11.9 Å². The van der Waals surface area contributed by atoms with E-state index in [-0.39, 0.29) is 24.3 Å². The van der Waals surface area contributed by atoms with E-state index in [1.165, 1.54) is 6.20 Å². The molecule has 0 aliphatic heterocycles. The molecule has 6 N–H and O–H groups in total. The van der Waals surface area contributed by atoms with Crippen molar-refractivity contribution in [2.75, 3.05) is 25.0 Å². The monoisotopic (exact) mass is 470 g/mol. The number of fused-ring (bicyclic) bond motifs is 1. The van der Waals surface area contributed by atoms with Gasteiger partial charge in [-0.1, -0.05) is 18.2 Å². The van der Waals surface area contributed by atoms with Gasteiger partial charge in [0.2, 0.25) is 0 Å². The lowest BCUT2D eigenvalue weighted by Crippen LogP contribution is -2.37. The molecule has 2 aromatic heterocycles. The van der Waals surface area contributed by atoms with Crippen LogP contribution in [0.25, 0.3) is 10.9 Å². The van der Waals surface area contributed by atoms with E-state index in [4.69, 9.17) is 17.3 Å². The van der Waals surface area contributed by atoms with Crippen LogP contribution in [0, 0.1) is 0 Å². The fraction of sp³-hybridized carbons (Fsp3) is 0.318. The molecule has 0 spiro atoms. The normalized spacial score (nSPS) is 10.7. The first kappa shape index (κ1) is 23.9. The highest BCUT2D eigenvalue weighted by atomic mass is 32.1. The van der Waals surface area contributed by atoms with E-state index in [0.29, 0.717) is 36.9 Å². The highest BCUT2D eigenvalue weighted by molar-refractivity contribution is 7.80. The Morgan fingerprint density at radius 3 is 2.64 bits per heavy atom. The van der Waals surface area contributed by atoms with Crippen LogP contribution in [0.2, 0.25) is 0 Å². The largest absolute Gasteiger partial charge is 0.481 e. The van der Waals surface area contributed by atoms with Crippen LogP contribution in [-0.4, -0.2) is 61.9 Å². The minimum absolute atomic E-state index is 0.0162. The van der Waals surface area contributed by atoms with Crippen LogP contribution < -0.4 is 16.0 Å². The van der Waals surface area contributed by atoms with E-state index in [9.17, 15) is 14.7 Å². The molecule has 0 amide bonds. The second kappa shape index (κ2) is 11.8. The number of aromatic amines is 1. The summed E-state index contributed by atoms with van der Waals surface area (Å²) < 4.78 is 0. The van der Waals surface area contributed by atoms with Gasteiger partial charge < -0.3 is 31.1 Å². The number of aromatic carboxylic acids is 1. The maximum absolute atomic E-state index is 11.5. The molecule has 0 fully saturated rings. The van der Waals surface area contributed by atoms with Crippen molar-refractivity contribution in [2.45, 2.75) is 25.7 Å². The summed E-state index contributed by atoms with van der Waals surface area (Å²) >= 11 is 5.08. The molecular formula is C22H26N6O4S. The minimum atomic E-state index is -1.09. The molecule has 0 unspecified atom stereocenters. The molecule has 0 radical (unpaired) electrons. The van der Waals surface area contributed by atoms with Crippen LogP contribution >= 0.6 is 12.2 Å². The average Bonchev–Trinajstić information content (AvgIpc) is 3.20. The Morgan fingerprint density at radius 1 is 1.06 bits per heavy atom. The average molecular weight is 471 g/mol. The van der Waals surface area contributed by atoms with Gasteiger partial charge in [-0.3, -0.25) is 4.79 Å². The van der Waals surface area contributed by atoms with Gasteiger partial charge in [-0.05, 0) is 36.7 Å². The molecule has 2 heterocycles. The summed E-state index contributed by atoms with van der Waals surface area (Å²) in [5.41, 5.74) is 2.25. The molecule has 3 rings (SSSR count). The fourth-order valence-electron chi connectivity index (χ4n) is 3.26. The predicted molar refractivity (Wildman–Crippen MR) is 129 cm³/mol. The van der Waals surface area contributed by atoms with Crippen molar-refractivity contribution in [1.29, 1.82) is 0 Å². The van der Waals surface area contributed by atoms with Crippen LogP contribution in [0.1, 0.15) is 34.6 Å². The van der Waals surface area contributed by atoms with E-state index >= 15 is 0 Å². The zero-order valence-electron chi connectivity index (χ0n) is 17.9. The second-order valence-corrected chi connectivity index (χ2v) is 7.73. The summed E-state index contributed by atoms with van der Waals surface area (Å²) in [6.07, 6.45) is 5.25. The van der Waals surface area contributed by atoms with Crippen LogP contribution in [0.15, 0.2) is 36.7 Å². The molecular weight excluding hydrogens is 444 g/mol. The van der Waals surface area contributed by atoms with Crippen molar-refractivity contribution >= 4 is 46.0 Å². The SMILES string of the molecule is O=C(O)CCNC(=S)NCCCNc1nc(CCc2c[nH]c3ccccc23)ncc1C(=O)O. The first-order valence-electron chi connectivity index (χ1n) is 10.6. The van der Waals surface area contributed by atoms with Crippen LogP contribution in [0.3, 0.4) is 0 Å². The Morgan fingerprint density at radius 2 is 1.85 bits per heavy atom. The molecule has 0 atom stereocenters. The van der Waals surface area contributed by atoms with E-state index < -0.39 is 11.9 Å². The Kier molecular flexibility index (Phi) is 8.53. The summed E-state index contributed by atoms with van der Waals surface area (Å²) in [5, 5.41) is 28.5. The fourth-order valence-corrected chi connectivity index (χ4v) is 3.46. The van der Waals surface area contributed by atoms with E-state index in [1.807, 2.05) is 24.4 Å². The van der Waals surface area contributed by atoms with Crippen LogP contribution in [-0.2, 0) is 17.6 Å². The lowest BCUT2D eigenvalue weighted by Gasteiger charge is -2.12. The summed E-state index contributed by atoms with van der Waals surface area (Å²) in [4.78, 5) is 34.0. The number of para-hydroxylation sites is 1. The van der Waals surface area contributed by atoms with E-state index in [2.05, 4.69) is 37.0 Å². The van der Waals surface area contributed by atoms with Gasteiger partial charge in [0, 0.05) is 49.4 Å². The maximum atomic E-state index is 11.5. The number of carboxylic acids is 2. The van der Waals surface area contributed by atoms with Gasteiger partial charge in [0.05, 0.1) is 6.42 Å². The summed E-state index contributed by atoms with van der Waals surface area (Å²) in [6.45, 7) is 1.26. The molecule has 0 aliphatic carbocycles. The topological polar surface area (TPSA) is 152 Å². The van der Waals surface area contributed by atoms with E-state index in [1.54, 1.807) is 0 Å². The number of hydrogen-bond donors (Lipinski definition) is 6. The van der Waals surface area contributed by atoms with Crippen molar-refractivity contribution in [3.8, 4) is 0 Å². The number of hydrogen-bond acceptors (Lipinski definition) is 6. The van der Waals surface area contributed by atoms with Gasteiger partial charge in [0.25, 0.3) is 0 Å². The van der Waals surface area contributed by atoms with Gasteiger partial charge in [0.1, 0.15) is 17.2 Å². The first-order valence-corrected chi connectivity index (χ1v) is 11.0. The molecule has 1 aromatic carbocycles. The van der Waals surface area contributed by atoms with Gasteiger partial charge in [-0.2, -0.15) is 0 Å². The third-order valence-corrected chi connectivity index (χ3v) is 5.21. The number of nitrogens with zero attached hydrogens (tertiary/aromatic N) is 2. The quantitative estimate of drug-likeness (QED) is 0.172. The molecule has 33 heavy (non-hydrogen) atoms. The number of benzene rings is 1. The van der Waals surface area contributed by atoms with Crippen molar-refractivity contribution in [2.24, 2.45) is 0 Å². The number of carboxylic acid groups (broad SMARTS) is 2. The van der Waals surface area contributed by atoms with Gasteiger partial charge in [-0.15, -0.1) is 0 Å². The van der Waals surface area contributed by atoms with Crippen molar-refractivity contribution in [3.05, 3.63) is 53.6 Å². The maximum Gasteiger partial charge on any atom is 0.341 e. The molecule has 0 bridgehead atoms. The molecule has 11 heteroatoms. The van der Waals surface area contributed by atoms with Gasteiger partial charge in [-0.25, -0.2) is 14.8 Å². The van der Waals surface area contributed by atoms with E-state index in [0.717, 1.165) is 22.9 Å². The zero-order chi connectivity index (χ0) is 23.6. The second-order valence-electron chi connectivity index (χ2n) is 7.32. The molecule has 10 nitrogen and oxygen atoms in total. The molecule has 0 saturated carbocycles. The lowest BCUT2D eigenvalue weighted by atomic mass is 10.1. The summed E-state index contributed by atoms with van der Waals surface area (Å²) in [6, 6.07) is 8.05. The third kappa shape index (κ3) is 7.14. The van der Waals surface area contributed by atoms with Crippen LogP contribution in [0.4, 0.5) is 5.82 Å². The van der Waals surface area contributed by atoms with Crippen LogP contribution in [0.5, 0.6) is 0 Å². The number of carbonyl (C=O) groups is 2. The number of thiocarbonyl (C=S) groups is 1. The Labute approximate surface area is 195 Å². The Balaban J connectivity index is 1.51. The number of rotatable bonds is 12. The standard InChI is InChI=1S/C22H26N6O4S/c29-19(30)8-11-25-22(33)24-10-3-9-23-20-16(21(31)32)13-27-18(28-20)7-6-14-12-26-17-5-2-1-4-15(14)17/h1-2,4-5,12-13,26H,3,6-11H2,(H,29,30)(H,31,32)(H,23,27,28)(H2,24,25,33). The summed E-state index contributed by atoms with van der Waals surface area (Å²) in [5.74, 6) is -1.14. The summed E-state index contributed by atoms with van der Waals surface area (Å²) in [7, 11) is 0. The smallest absolute Gasteiger partial charge is 0.341 e. The molecule has 174 valence electrons. The number of anilines is 1. The highest BCUT2D eigenvalue weighted by Crippen LogP contribution is 2.19. The number of aryl methyl sites for hydroxylation is 2. The van der Waals surface area contributed by atoms with Crippen molar-refractivity contribution in [3.63, 3.8) is 0 Å². The third-order valence-electron chi connectivity index (χ3n) is 4.92. The molecule has 0 saturated heterocycles.